The van der Waals surface area contributed by atoms with Gasteiger partial charge >= 0.3 is 5.97 Å². The average molecular weight is 231 g/mol. The van der Waals surface area contributed by atoms with E-state index in [4.69, 9.17) is 16.7 Å². The Morgan fingerprint density at radius 2 is 2.20 bits per heavy atom. The Morgan fingerprint density at radius 3 is 2.53 bits per heavy atom. The lowest BCUT2D eigenvalue weighted by Crippen LogP contribution is -2.06. The molecular weight excluding hydrogens is 216 g/mol. The van der Waals surface area contributed by atoms with Crippen molar-refractivity contribution in [2.45, 2.75) is 39.7 Å². The second kappa shape index (κ2) is 4.66. The summed E-state index contributed by atoms with van der Waals surface area (Å²) in [6, 6.07) is 0.121. The molecule has 0 aromatic carbocycles. The maximum atomic E-state index is 11.0. The van der Waals surface area contributed by atoms with E-state index in [9.17, 15) is 4.79 Å². The van der Waals surface area contributed by atoms with Gasteiger partial charge in [-0.1, -0.05) is 25.4 Å². The van der Waals surface area contributed by atoms with Gasteiger partial charge in [0.1, 0.15) is 10.7 Å². The fraction of sp³-hybridized carbons (Fsp3) is 0.600. The Hall–Kier alpha value is -1.03. The van der Waals surface area contributed by atoms with Gasteiger partial charge in [-0.2, -0.15) is 5.10 Å². The minimum absolute atomic E-state index is 0.121. The van der Waals surface area contributed by atoms with Gasteiger partial charge in [0.2, 0.25) is 0 Å². The molecular formula is C10H15ClN2O2. The highest BCUT2D eigenvalue weighted by molar-refractivity contribution is 6.32. The number of rotatable bonds is 4. The molecule has 1 rings (SSSR count). The zero-order valence-corrected chi connectivity index (χ0v) is 9.88. The number of hydrogen-bond acceptors (Lipinski definition) is 2. The third-order valence-corrected chi connectivity index (χ3v) is 2.84. The molecule has 0 saturated carbocycles. The number of aromatic nitrogens is 2. The van der Waals surface area contributed by atoms with Crippen LogP contribution in [0.4, 0.5) is 0 Å². The van der Waals surface area contributed by atoms with Gasteiger partial charge in [-0.3, -0.25) is 4.68 Å². The summed E-state index contributed by atoms with van der Waals surface area (Å²) in [5, 5.41) is 13.5. The van der Waals surface area contributed by atoms with Crippen LogP contribution in [0.15, 0.2) is 0 Å². The van der Waals surface area contributed by atoms with Gasteiger partial charge in [0.25, 0.3) is 0 Å². The van der Waals surface area contributed by atoms with Crippen LogP contribution in [0.1, 0.15) is 49.3 Å². The van der Waals surface area contributed by atoms with Crippen LogP contribution in [0.25, 0.3) is 0 Å². The van der Waals surface area contributed by atoms with E-state index in [0.29, 0.717) is 12.1 Å². The lowest BCUT2D eigenvalue weighted by Gasteiger charge is -2.09. The van der Waals surface area contributed by atoms with E-state index in [2.05, 4.69) is 5.10 Å². The zero-order valence-electron chi connectivity index (χ0n) is 9.12. The summed E-state index contributed by atoms with van der Waals surface area (Å²) in [5.74, 6) is -1.01. The lowest BCUT2D eigenvalue weighted by molar-refractivity contribution is 0.0696. The Morgan fingerprint density at radius 1 is 1.60 bits per heavy atom. The maximum absolute atomic E-state index is 11.0. The summed E-state index contributed by atoms with van der Waals surface area (Å²) in [6.45, 7) is 5.84. The molecule has 0 amide bonds. The summed E-state index contributed by atoms with van der Waals surface area (Å²) >= 11 is 6.00. The van der Waals surface area contributed by atoms with E-state index in [1.165, 1.54) is 0 Å². The summed E-state index contributed by atoms with van der Waals surface area (Å²) in [6.07, 6.45) is 1.44. The second-order valence-electron chi connectivity index (χ2n) is 3.47. The molecule has 4 nitrogen and oxygen atoms in total. The Kier molecular flexibility index (Phi) is 3.74. The third-order valence-electron chi connectivity index (χ3n) is 2.48. The van der Waals surface area contributed by atoms with E-state index in [-0.39, 0.29) is 16.8 Å². The average Bonchev–Trinajstić information content (AvgIpc) is 2.54. The van der Waals surface area contributed by atoms with Crippen LogP contribution in [0.5, 0.6) is 0 Å². The van der Waals surface area contributed by atoms with Crippen LogP contribution in [0.2, 0.25) is 5.15 Å². The van der Waals surface area contributed by atoms with Gasteiger partial charge in [0, 0.05) is 0 Å². The van der Waals surface area contributed by atoms with Crippen molar-refractivity contribution in [3.05, 3.63) is 16.4 Å². The Bertz CT molecular complexity index is 374. The van der Waals surface area contributed by atoms with Crippen molar-refractivity contribution in [2.75, 3.05) is 0 Å². The minimum Gasteiger partial charge on any atom is -0.478 e. The van der Waals surface area contributed by atoms with Crippen LogP contribution in [0, 0.1) is 0 Å². The quantitative estimate of drug-likeness (QED) is 0.865. The van der Waals surface area contributed by atoms with E-state index in [1.54, 1.807) is 4.68 Å². The summed E-state index contributed by atoms with van der Waals surface area (Å²) in [7, 11) is 0. The first-order valence-corrected chi connectivity index (χ1v) is 5.40. The topological polar surface area (TPSA) is 55.1 Å². The number of aryl methyl sites for hydroxylation is 1. The third kappa shape index (κ3) is 2.15. The van der Waals surface area contributed by atoms with Gasteiger partial charge in [-0.05, 0) is 19.8 Å². The minimum atomic E-state index is -1.01. The molecule has 0 aliphatic carbocycles. The van der Waals surface area contributed by atoms with E-state index in [0.717, 1.165) is 6.42 Å². The molecule has 0 radical (unpaired) electrons. The molecule has 0 fully saturated rings. The normalized spacial score (nSPS) is 12.8. The number of carboxylic acids is 1. The molecule has 15 heavy (non-hydrogen) atoms. The number of carbonyl (C=O) groups is 1. The molecule has 0 aliphatic rings. The second-order valence-corrected chi connectivity index (χ2v) is 3.83. The maximum Gasteiger partial charge on any atom is 0.340 e. The van der Waals surface area contributed by atoms with Crippen molar-refractivity contribution in [3.8, 4) is 0 Å². The fourth-order valence-corrected chi connectivity index (χ4v) is 1.78. The number of nitrogens with zero attached hydrogens (tertiary/aromatic N) is 2. The first kappa shape index (κ1) is 12.0. The van der Waals surface area contributed by atoms with E-state index in [1.807, 2.05) is 20.8 Å². The summed E-state index contributed by atoms with van der Waals surface area (Å²) in [5.41, 5.74) is 0.687. The first-order valence-electron chi connectivity index (χ1n) is 5.03. The molecule has 1 atom stereocenters. The van der Waals surface area contributed by atoms with Crippen LogP contribution in [-0.4, -0.2) is 20.9 Å². The molecule has 0 aliphatic heterocycles. The van der Waals surface area contributed by atoms with Crippen LogP contribution in [0.3, 0.4) is 0 Å². The smallest absolute Gasteiger partial charge is 0.340 e. The molecule has 1 unspecified atom stereocenters. The van der Waals surface area contributed by atoms with Crippen molar-refractivity contribution < 1.29 is 9.90 Å². The van der Waals surface area contributed by atoms with Gasteiger partial charge < -0.3 is 5.11 Å². The van der Waals surface area contributed by atoms with Crippen molar-refractivity contribution >= 4 is 17.6 Å². The first-order chi connectivity index (χ1) is 7.02. The van der Waals surface area contributed by atoms with E-state index < -0.39 is 5.97 Å². The number of aromatic carboxylic acids is 1. The largest absolute Gasteiger partial charge is 0.478 e. The summed E-state index contributed by atoms with van der Waals surface area (Å²) < 4.78 is 1.59. The predicted octanol–water partition coefficient (Wildman–Crippen LogP) is 2.77. The molecule has 0 bridgehead atoms. The van der Waals surface area contributed by atoms with E-state index >= 15 is 0 Å². The molecule has 5 heteroatoms. The SMILES string of the molecule is CCc1nn(C(C)CC)c(Cl)c1C(=O)O. The van der Waals surface area contributed by atoms with Gasteiger partial charge in [-0.15, -0.1) is 0 Å². The molecule has 0 spiro atoms. The van der Waals surface area contributed by atoms with Crippen LogP contribution in [-0.2, 0) is 6.42 Å². The Balaban J connectivity index is 3.27. The molecule has 1 aromatic heterocycles. The molecule has 84 valence electrons. The fourth-order valence-electron chi connectivity index (χ4n) is 1.38. The lowest BCUT2D eigenvalue weighted by atomic mass is 10.2. The van der Waals surface area contributed by atoms with Crippen molar-refractivity contribution in [1.29, 1.82) is 0 Å². The van der Waals surface area contributed by atoms with Gasteiger partial charge in [0.05, 0.1) is 11.7 Å². The molecule has 1 aromatic rings. The van der Waals surface area contributed by atoms with Crippen molar-refractivity contribution in [2.24, 2.45) is 0 Å². The van der Waals surface area contributed by atoms with Crippen LogP contribution >= 0.6 is 11.6 Å². The molecule has 0 saturated heterocycles. The monoisotopic (exact) mass is 230 g/mol. The predicted molar refractivity (Wildman–Crippen MR) is 58.6 cm³/mol. The number of halogens is 1. The zero-order chi connectivity index (χ0) is 11.6. The highest BCUT2D eigenvalue weighted by Crippen LogP contribution is 2.25. The highest BCUT2D eigenvalue weighted by Gasteiger charge is 2.22. The molecule has 1 N–H and O–H groups in total. The molecule has 1 heterocycles. The van der Waals surface area contributed by atoms with Crippen molar-refractivity contribution in [3.63, 3.8) is 0 Å². The van der Waals surface area contributed by atoms with Crippen LogP contribution < -0.4 is 0 Å². The van der Waals surface area contributed by atoms with Crippen molar-refractivity contribution in [1.82, 2.24) is 9.78 Å². The highest BCUT2D eigenvalue weighted by atomic mass is 35.5. The standard InChI is InChI=1S/C10H15ClN2O2/c1-4-6(3)13-9(11)8(10(14)15)7(5-2)12-13/h6H,4-5H2,1-3H3,(H,14,15). The van der Waals surface area contributed by atoms with Gasteiger partial charge in [0.15, 0.2) is 0 Å². The summed E-state index contributed by atoms with van der Waals surface area (Å²) in [4.78, 5) is 11.0. The van der Waals surface area contributed by atoms with Gasteiger partial charge in [-0.25, -0.2) is 4.79 Å². The number of carboxylic acid groups (broad SMARTS) is 1. The Labute approximate surface area is 93.9 Å². The number of hydrogen-bond donors (Lipinski definition) is 1.